The summed E-state index contributed by atoms with van der Waals surface area (Å²) in [5.74, 6) is -3.77. The standard InChI is InChI=1S/C39H50O24/c1-10-21(43)26(48)30(52)36(56-10)55-9-19-24(46)29(51)35(63-38-32(54)28(50)23(45)12(3)58-38)39(61-19)62-34-25(47)20-17(42)7-14(59-37-31(53)27(49)22(44)11(2)57-37)8-18(20)60-33(34)13-4-5-15(40)16(41)6-13/h4-8,10-12,19,21-24,26-32,35-46,48-54H,9H2,1-3H3/t10-,11-,12-,19-,21-,22-,23-,24+,26+,27+,28+,29+,30+,31+,32+,35-,36+,37-,38+,39+/m1/s1. The maximum atomic E-state index is 14.5. The van der Waals surface area contributed by atoms with Gasteiger partial charge in [0.15, 0.2) is 35.9 Å². The number of aliphatic hydroxyl groups is 11. The molecule has 4 aliphatic rings. The van der Waals surface area contributed by atoms with Crippen LogP contribution >= 0.6 is 0 Å². The molecule has 0 radical (unpaired) electrons. The number of aliphatic hydroxyl groups excluding tert-OH is 11. The maximum Gasteiger partial charge on any atom is 0.239 e. The molecule has 24 nitrogen and oxygen atoms in total. The molecule has 3 aromatic rings. The highest BCUT2D eigenvalue weighted by molar-refractivity contribution is 5.88. The lowest BCUT2D eigenvalue weighted by Gasteiger charge is -2.46. The summed E-state index contributed by atoms with van der Waals surface area (Å²) in [7, 11) is 0. The molecule has 2 aromatic carbocycles. The highest BCUT2D eigenvalue weighted by atomic mass is 16.8. The van der Waals surface area contributed by atoms with Gasteiger partial charge in [-0.3, -0.25) is 4.79 Å². The zero-order valence-corrected chi connectivity index (χ0v) is 33.5. The minimum Gasteiger partial charge on any atom is -0.507 e. The normalized spacial score (nSPS) is 41.0. The van der Waals surface area contributed by atoms with Gasteiger partial charge in [-0.05, 0) is 39.0 Å². The Balaban J connectivity index is 1.28. The van der Waals surface area contributed by atoms with E-state index in [0.29, 0.717) is 0 Å². The van der Waals surface area contributed by atoms with E-state index in [-0.39, 0.29) is 11.3 Å². The van der Waals surface area contributed by atoms with Gasteiger partial charge >= 0.3 is 0 Å². The molecule has 0 bridgehead atoms. The second-order valence-corrected chi connectivity index (χ2v) is 15.8. The van der Waals surface area contributed by atoms with E-state index < -0.39 is 175 Å². The fourth-order valence-electron chi connectivity index (χ4n) is 7.55. The molecule has 0 saturated carbocycles. The molecule has 0 amide bonds. The highest BCUT2D eigenvalue weighted by Crippen LogP contribution is 2.41. The molecular formula is C39H50O24. The molecule has 7 rings (SSSR count). The van der Waals surface area contributed by atoms with Crippen molar-refractivity contribution in [3.05, 3.63) is 40.6 Å². The van der Waals surface area contributed by atoms with Gasteiger partial charge in [0.1, 0.15) is 95.7 Å². The zero-order chi connectivity index (χ0) is 45.9. The van der Waals surface area contributed by atoms with Crippen LogP contribution in [0.1, 0.15) is 20.8 Å². The van der Waals surface area contributed by atoms with Crippen LogP contribution in [0.3, 0.4) is 0 Å². The van der Waals surface area contributed by atoms with Gasteiger partial charge in [-0.15, -0.1) is 0 Å². The monoisotopic (exact) mass is 902 g/mol. The van der Waals surface area contributed by atoms with Crippen molar-refractivity contribution in [3.8, 4) is 40.1 Å². The first-order valence-electron chi connectivity index (χ1n) is 19.8. The van der Waals surface area contributed by atoms with E-state index in [1.807, 2.05) is 0 Å². The number of phenols is 3. The minimum absolute atomic E-state index is 0.161. The predicted octanol–water partition coefficient (Wildman–Crippen LogP) is -4.33. The number of hydrogen-bond donors (Lipinski definition) is 14. The lowest BCUT2D eigenvalue weighted by molar-refractivity contribution is -0.360. The summed E-state index contributed by atoms with van der Waals surface area (Å²) in [6.07, 6.45) is -33.4. The summed E-state index contributed by atoms with van der Waals surface area (Å²) in [6, 6.07) is 5.17. The molecule has 20 atom stereocenters. The van der Waals surface area contributed by atoms with Gasteiger partial charge in [0, 0.05) is 17.7 Å². The van der Waals surface area contributed by atoms with E-state index in [0.717, 1.165) is 24.3 Å². The number of rotatable bonds is 10. The Labute approximate surface area is 355 Å². The van der Waals surface area contributed by atoms with Crippen LogP contribution in [0.15, 0.2) is 39.5 Å². The van der Waals surface area contributed by atoms with Crippen LogP contribution in [0.4, 0.5) is 0 Å². The highest BCUT2D eigenvalue weighted by Gasteiger charge is 2.52. The van der Waals surface area contributed by atoms with Gasteiger partial charge in [-0.25, -0.2) is 0 Å². The number of aromatic hydroxyl groups is 3. The molecule has 1 aromatic heterocycles. The lowest BCUT2D eigenvalue weighted by atomic mass is 9.97. The Morgan fingerprint density at radius 2 is 1.10 bits per heavy atom. The van der Waals surface area contributed by atoms with Crippen LogP contribution in [0, 0.1) is 0 Å². The smallest absolute Gasteiger partial charge is 0.239 e. The van der Waals surface area contributed by atoms with Crippen LogP contribution in [-0.2, 0) is 28.4 Å². The summed E-state index contributed by atoms with van der Waals surface area (Å²) < 4.78 is 51.8. The van der Waals surface area contributed by atoms with Gasteiger partial charge in [-0.2, -0.15) is 0 Å². The van der Waals surface area contributed by atoms with Gasteiger partial charge < -0.3 is 114 Å². The van der Waals surface area contributed by atoms with Gasteiger partial charge in [0.05, 0.1) is 24.9 Å². The van der Waals surface area contributed by atoms with Gasteiger partial charge in [0.25, 0.3) is 0 Å². The SMILES string of the molecule is C[C@H]1O[C@@H](O[C@H]2[C@H](Oc3c(-c4ccc(O)c(O)c4)oc4cc(O[C@H]5O[C@H](C)[C@@H](O)[C@H](O)[C@@H]5O)cc(O)c4c3=O)O[C@H](CO[C@H]3O[C@H](C)[C@@H](O)[C@H](O)[C@@H]3O)[C@H](O)[C@@H]2O)[C@@H](O)[C@@H](O)[C@@H]1O. The average Bonchev–Trinajstić information content (AvgIpc) is 3.24. The van der Waals surface area contributed by atoms with Crippen molar-refractivity contribution >= 4 is 11.0 Å². The lowest BCUT2D eigenvalue weighted by Crippen LogP contribution is -2.65. The zero-order valence-electron chi connectivity index (χ0n) is 33.5. The summed E-state index contributed by atoms with van der Waals surface area (Å²) in [6.45, 7) is 3.38. The molecule has 4 saturated heterocycles. The molecule has 5 heterocycles. The fraction of sp³-hybridized carbons (Fsp3) is 0.615. The Morgan fingerprint density at radius 1 is 0.540 bits per heavy atom. The fourth-order valence-corrected chi connectivity index (χ4v) is 7.55. The predicted molar refractivity (Wildman–Crippen MR) is 203 cm³/mol. The van der Waals surface area contributed by atoms with Crippen molar-refractivity contribution in [2.75, 3.05) is 6.61 Å². The quantitative estimate of drug-likeness (QED) is 0.0855. The average molecular weight is 903 g/mol. The third kappa shape index (κ3) is 9.01. The molecule has 4 fully saturated rings. The van der Waals surface area contributed by atoms with E-state index in [1.54, 1.807) is 0 Å². The molecule has 0 spiro atoms. The van der Waals surface area contributed by atoms with Gasteiger partial charge in [0.2, 0.25) is 23.8 Å². The van der Waals surface area contributed by atoms with Crippen molar-refractivity contribution in [1.29, 1.82) is 0 Å². The Bertz CT molecular complexity index is 2130. The third-order valence-electron chi connectivity index (χ3n) is 11.4. The van der Waals surface area contributed by atoms with Crippen LogP contribution < -0.4 is 14.9 Å². The van der Waals surface area contributed by atoms with Crippen molar-refractivity contribution in [1.82, 2.24) is 0 Å². The van der Waals surface area contributed by atoms with Crippen molar-refractivity contribution in [2.24, 2.45) is 0 Å². The van der Waals surface area contributed by atoms with Crippen LogP contribution in [0.25, 0.3) is 22.3 Å². The Kier molecular flexibility index (Phi) is 13.8. The number of hydrogen-bond acceptors (Lipinski definition) is 24. The van der Waals surface area contributed by atoms with E-state index in [1.165, 1.54) is 26.8 Å². The molecule has 14 N–H and O–H groups in total. The summed E-state index contributed by atoms with van der Waals surface area (Å²) in [5, 5.41) is 147. The van der Waals surface area contributed by atoms with Crippen LogP contribution in [0.2, 0.25) is 0 Å². The van der Waals surface area contributed by atoms with Crippen LogP contribution in [0.5, 0.6) is 28.7 Å². The molecule has 350 valence electrons. The second-order valence-electron chi connectivity index (χ2n) is 15.8. The van der Waals surface area contributed by atoms with E-state index in [9.17, 15) is 76.3 Å². The molecule has 0 unspecified atom stereocenters. The topological polar surface area (TPSA) is 387 Å². The Hall–Kier alpha value is -4.03. The first-order valence-corrected chi connectivity index (χ1v) is 19.8. The van der Waals surface area contributed by atoms with Crippen molar-refractivity contribution in [3.63, 3.8) is 0 Å². The minimum atomic E-state index is -2.10. The molecular weight excluding hydrogens is 852 g/mol. The molecule has 24 heteroatoms. The third-order valence-corrected chi connectivity index (χ3v) is 11.4. The van der Waals surface area contributed by atoms with Gasteiger partial charge in [-0.1, -0.05) is 0 Å². The van der Waals surface area contributed by atoms with Crippen LogP contribution in [-0.4, -0.2) is 201 Å². The Morgan fingerprint density at radius 3 is 1.70 bits per heavy atom. The molecule has 4 aliphatic heterocycles. The summed E-state index contributed by atoms with van der Waals surface area (Å²) in [5.41, 5.74) is -1.75. The first kappa shape index (κ1) is 46.9. The maximum absolute atomic E-state index is 14.5. The van der Waals surface area contributed by atoms with E-state index in [2.05, 4.69) is 0 Å². The number of phenolic OH excluding ortho intramolecular Hbond substituents is 3. The number of benzene rings is 2. The number of fused-ring (bicyclic) bond motifs is 1. The van der Waals surface area contributed by atoms with Crippen molar-refractivity contribution in [2.45, 2.75) is 144 Å². The molecule has 0 aliphatic carbocycles. The first-order chi connectivity index (χ1) is 29.7. The van der Waals surface area contributed by atoms with Crippen molar-refractivity contribution < 1.29 is 114 Å². The second kappa shape index (κ2) is 18.5. The summed E-state index contributed by atoms with van der Waals surface area (Å²) in [4.78, 5) is 14.5. The van der Waals surface area contributed by atoms with E-state index >= 15 is 0 Å². The summed E-state index contributed by atoms with van der Waals surface area (Å²) >= 11 is 0. The number of ether oxygens (including phenoxy) is 8. The molecule has 63 heavy (non-hydrogen) atoms. The largest absolute Gasteiger partial charge is 0.507 e. The van der Waals surface area contributed by atoms with E-state index in [4.69, 9.17) is 42.3 Å².